The van der Waals surface area contributed by atoms with Crippen LogP contribution in [0, 0.1) is 5.92 Å². The number of anilines is 1. The molecule has 0 saturated carbocycles. The predicted octanol–water partition coefficient (Wildman–Crippen LogP) is 7.72. The number of nitrogens with one attached hydrogen (secondary N) is 1. The third-order valence-electron chi connectivity index (χ3n) is 7.65. The van der Waals surface area contributed by atoms with Crippen molar-refractivity contribution >= 4 is 62.5 Å². The van der Waals surface area contributed by atoms with Gasteiger partial charge in [0.05, 0.1) is 27.2 Å². The molecule has 4 aromatic carbocycles. The first kappa shape index (κ1) is 38.1. The van der Waals surface area contributed by atoms with E-state index in [0.717, 1.165) is 14.8 Å². The molecule has 0 fully saturated rings. The van der Waals surface area contributed by atoms with Crippen molar-refractivity contribution < 1.29 is 22.7 Å². The average Bonchev–Trinajstić information content (AvgIpc) is 3.10. The highest BCUT2D eigenvalue weighted by Crippen LogP contribution is 2.29. The van der Waals surface area contributed by atoms with E-state index in [9.17, 15) is 18.0 Å². The highest BCUT2D eigenvalue weighted by atomic mass is 35.5. The van der Waals surface area contributed by atoms with Gasteiger partial charge in [0.15, 0.2) is 0 Å². The van der Waals surface area contributed by atoms with Gasteiger partial charge in [-0.1, -0.05) is 73.4 Å². The number of ether oxygens (including phenoxy) is 1. The van der Waals surface area contributed by atoms with Gasteiger partial charge in [-0.25, -0.2) is 8.42 Å². The molecule has 4 rings (SSSR count). The number of sulfonamides is 1. The summed E-state index contributed by atoms with van der Waals surface area (Å²) < 4.78 is 35.3. The number of nitrogens with zero attached hydrogens (tertiary/aromatic N) is 2. The lowest BCUT2D eigenvalue weighted by Gasteiger charge is -2.34. The molecule has 1 atom stereocenters. The number of halogens is 2. The first-order valence-electron chi connectivity index (χ1n) is 15.9. The van der Waals surface area contributed by atoms with Crippen LogP contribution in [0.4, 0.5) is 5.69 Å². The molecule has 49 heavy (non-hydrogen) atoms. The normalized spacial score (nSPS) is 12.0. The summed E-state index contributed by atoms with van der Waals surface area (Å²) in [7, 11) is -4.25. The highest BCUT2D eigenvalue weighted by Gasteiger charge is 2.35. The van der Waals surface area contributed by atoms with Crippen molar-refractivity contribution in [2.75, 3.05) is 30.3 Å². The largest absolute Gasteiger partial charge is 0.494 e. The molecule has 0 heterocycles. The van der Waals surface area contributed by atoms with E-state index < -0.39 is 28.5 Å². The van der Waals surface area contributed by atoms with Crippen LogP contribution >= 0.6 is 35.0 Å². The second-order valence-corrected chi connectivity index (χ2v) is 15.3. The molecule has 0 saturated heterocycles. The summed E-state index contributed by atoms with van der Waals surface area (Å²) in [6.45, 7) is 6.05. The summed E-state index contributed by atoms with van der Waals surface area (Å²) in [5.74, 6) is -0.206. The molecule has 0 bridgehead atoms. The Bertz CT molecular complexity index is 1810. The van der Waals surface area contributed by atoms with Gasteiger partial charge in [-0.3, -0.25) is 13.9 Å². The van der Waals surface area contributed by atoms with Gasteiger partial charge >= 0.3 is 0 Å². The van der Waals surface area contributed by atoms with E-state index in [1.54, 1.807) is 54.6 Å². The van der Waals surface area contributed by atoms with Gasteiger partial charge in [-0.05, 0) is 90.9 Å². The van der Waals surface area contributed by atoms with Crippen LogP contribution in [0.3, 0.4) is 0 Å². The second kappa shape index (κ2) is 17.8. The van der Waals surface area contributed by atoms with Crippen molar-refractivity contribution in [3.05, 3.63) is 118 Å². The van der Waals surface area contributed by atoms with Crippen molar-refractivity contribution in [2.45, 2.75) is 49.6 Å². The fraction of sp³-hybridized carbons (Fsp3) is 0.297. The van der Waals surface area contributed by atoms with Gasteiger partial charge in [-0.2, -0.15) is 0 Å². The molecule has 0 aliphatic rings. The van der Waals surface area contributed by atoms with Crippen LogP contribution in [-0.4, -0.2) is 57.1 Å². The van der Waals surface area contributed by atoms with E-state index in [1.807, 2.05) is 57.4 Å². The maximum atomic E-state index is 14.7. The molecule has 0 unspecified atom stereocenters. The van der Waals surface area contributed by atoms with Gasteiger partial charge in [0.25, 0.3) is 10.0 Å². The molecular formula is C37H41Cl2N3O5S2. The summed E-state index contributed by atoms with van der Waals surface area (Å²) in [5, 5.41) is 3.63. The van der Waals surface area contributed by atoms with Crippen molar-refractivity contribution in [1.82, 2.24) is 10.2 Å². The lowest BCUT2D eigenvalue weighted by Crippen LogP contribution is -2.53. The van der Waals surface area contributed by atoms with Gasteiger partial charge in [0.1, 0.15) is 18.3 Å². The predicted molar refractivity (Wildman–Crippen MR) is 199 cm³/mol. The molecule has 0 radical (unpaired) electrons. The summed E-state index contributed by atoms with van der Waals surface area (Å²) in [4.78, 5) is 30.9. The van der Waals surface area contributed by atoms with Crippen LogP contribution in [0.25, 0.3) is 0 Å². The molecule has 2 amide bonds. The molecule has 1 N–H and O–H groups in total. The van der Waals surface area contributed by atoms with Crippen molar-refractivity contribution in [1.29, 1.82) is 0 Å². The van der Waals surface area contributed by atoms with E-state index in [1.165, 1.54) is 28.8 Å². The molecule has 0 spiro atoms. The number of carbonyl (C=O) groups is 2. The molecule has 0 aromatic heterocycles. The number of amides is 2. The first-order valence-corrected chi connectivity index (χ1v) is 19.3. The number of carbonyl (C=O) groups excluding carboxylic acids is 2. The van der Waals surface area contributed by atoms with E-state index in [-0.39, 0.29) is 35.4 Å². The molecule has 0 aliphatic carbocycles. The Morgan fingerprint density at radius 3 is 2.14 bits per heavy atom. The minimum atomic E-state index is -4.25. The summed E-state index contributed by atoms with van der Waals surface area (Å²) in [5.41, 5.74) is 1.73. The minimum Gasteiger partial charge on any atom is -0.494 e. The maximum Gasteiger partial charge on any atom is 0.264 e. The number of hydrogen-bond acceptors (Lipinski definition) is 6. The highest BCUT2D eigenvalue weighted by molar-refractivity contribution is 7.98. The zero-order chi connectivity index (χ0) is 35.6. The van der Waals surface area contributed by atoms with E-state index in [0.29, 0.717) is 34.5 Å². The smallest absolute Gasteiger partial charge is 0.264 e. The number of rotatable bonds is 16. The van der Waals surface area contributed by atoms with Gasteiger partial charge in [0.2, 0.25) is 11.8 Å². The Kier molecular flexibility index (Phi) is 13.8. The Balaban J connectivity index is 1.81. The molecule has 260 valence electrons. The zero-order valence-electron chi connectivity index (χ0n) is 27.9. The Morgan fingerprint density at radius 1 is 0.878 bits per heavy atom. The first-order chi connectivity index (χ1) is 23.4. The number of hydrogen-bond donors (Lipinski definition) is 1. The monoisotopic (exact) mass is 741 g/mol. The third-order valence-corrected chi connectivity index (χ3v) is 10.9. The Morgan fingerprint density at radius 2 is 1.55 bits per heavy atom. The quantitative estimate of drug-likeness (QED) is 0.118. The van der Waals surface area contributed by atoms with Crippen LogP contribution in [0.5, 0.6) is 5.75 Å². The van der Waals surface area contributed by atoms with Crippen LogP contribution in [-0.2, 0) is 32.6 Å². The van der Waals surface area contributed by atoms with Gasteiger partial charge in [-0.15, -0.1) is 11.8 Å². The van der Waals surface area contributed by atoms with E-state index in [2.05, 4.69) is 5.32 Å². The van der Waals surface area contributed by atoms with Gasteiger partial charge in [0, 0.05) is 24.4 Å². The standard InChI is InChI=1S/C37H41Cl2N3O5S2/c1-5-47-30-14-12-29(13-15-30)42(49(45,46)32-18-16-31(48-4)17-19-32)25-36(43)41(24-28-11-20-33(38)34(39)21-28)35(37(44)40-23-26(2)3)22-27-9-7-6-8-10-27/h6-21,26,35H,5,22-25H2,1-4H3,(H,40,44)/t35-/m1/s1. The molecule has 4 aromatic rings. The zero-order valence-corrected chi connectivity index (χ0v) is 31.1. The lowest BCUT2D eigenvalue weighted by atomic mass is 10.0. The number of thioether (sulfide) groups is 1. The lowest BCUT2D eigenvalue weighted by molar-refractivity contribution is -0.140. The van der Waals surface area contributed by atoms with Crippen LogP contribution in [0.15, 0.2) is 107 Å². The Labute approximate surface area is 303 Å². The maximum absolute atomic E-state index is 14.7. The number of benzene rings is 4. The topological polar surface area (TPSA) is 96.0 Å². The van der Waals surface area contributed by atoms with Crippen molar-refractivity contribution in [3.8, 4) is 5.75 Å². The van der Waals surface area contributed by atoms with Crippen molar-refractivity contribution in [3.63, 3.8) is 0 Å². The fourth-order valence-electron chi connectivity index (χ4n) is 5.09. The van der Waals surface area contributed by atoms with Gasteiger partial charge < -0.3 is 15.0 Å². The fourth-order valence-corrected chi connectivity index (χ4v) is 7.23. The Hall–Kier alpha value is -3.70. The van der Waals surface area contributed by atoms with Crippen molar-refractivity contribution in [2.24, 2.45) is 5.92 Å². The second-order valence-electron chi connectivity index (χ2n) is 11.7. The summed E-state index contributed by atoms with van der Waals surface area (Å²) >= 11 is 14.1. The average molecular weight is 743 g/mol. The van der Waals surface area contributed by atoms with Crippen LogP contribution in [0.2, 0.25) is 10.0 Å². The third kappa shape index (κ3) is 10.4. The van der Waals surface area contributed by atoms with Crippen LogP contribution < -0.4 is 14.4 Å². The molecular weight excluding hydrogens is 701 g/mol. The van der Waals surface area contributed by atoms with E-state index >= 15 is 0 Å². The molecule has 12 heteroatoms. The van der Waals surface area contributed by atoms with E-state index in [4.69, 9.17) is 27.9 Å². The SMILES string of the molecule is CCOc1ccc(N(CC(=O)N(Cc2ccc(Cl)c(Cl)c2)[C@H](Cc2ccccc2)C(=O)NCC(C)C)S(=O)(=O)c2ccc(SC)cc2)cc1. The summed E-state index contributed by atoms with van der Waals surface area (Å²) in [6.07, 6.45) is 2.10. The summed E-state index contributed by atoms with van der Waals surface area (Å²) in [6, 6.07) is 26.4. The van der Waals surface area contributed by atoms with Crippen LogP contribution in [0.1, 0.15) is 31.9 Å². The minimum absolute atomic E-state index is 0.0259. The molecule has 0 aliphatic heterocycles. The molecule has 8 nitrogen and oxygen atoms in total.